The molecular formula is C103H63N9O2. The molecule has 8 heterocycles. The van der Waals surface area contributed by atoms with Crippen molar-refractivity contribution in [2.24, 2.45) is 0 Å². The molecular weight excluding hydrogens is 1400 g/mol. The minimum Gasteiger partial charge on any atom is -0.456 e. The van der Waals surface area contributed by atoms with E-state index in [0.29, 0.717) is 23.5 Å². The summed E-state index contributed by atoms with van der Waals surface area (Å²) in [7, 11) is 0. The number of hydrogen-bond acceptors (Lipinski definition) is 7. The highest BCUT2D eigenvalue weighted by atomic mass is 16.3. The van der Waals surface area contributed by atoms with Crippen LogP contribution in [0.4, 0.5) is 0 Å². The highest BCUT2D eigenvalue weighted by Gasteiger charge is 2.25. The van der Waals surface area contributed by atoms with E-state index in [0.717, 1.165) is 171 Å². The van der Waals surface area contributed by atoms with Crippen molar-refractivity contribution in [1.29, 1.82) is 0 Å². The quantitative estimate of drug-likeness (QED) is 0.134. The van der Waals surface area contributed by atoms with Gasteiger partial charge in [-0.25, -0.2) is 15.0 Å². The molecule has 532 valence electrons. The van der Waals surface area contributed by atoms with Gasteiger partial charge in [-0.3, -0.25) is 9.13 Å². The van der Waals surface area contributed by atoms with Gasteiger partial charge in [-0.2, -0.15) is 9.97 Å². The molecule has 24 rings (SSSR count). The van der Waals surface area contributed by atoms with Crippen molar-refractivity contribution in [2.75, 3.05) is 0 Å². The summed E-state index contributed by atoms with van der Waals surface area (Å²) < 4.78 is 21.6. The first-order valence-electron chi connectivity index (χ1n) is 38.4. The normalized spacial score (nSPS) is 11.9. The van der Waals surface area contributed by atoms with Crippen molar-refractivity contribution in [3.63, 3.8) is 0 Å². The van der Waals surface area contributed by atoms with Crippen LogP contribution in [0.3, 0.4) is 0 Å². The van der Waals surface area contributed by atoms with E-state index in [-0.39, 0.29) is 0 Å². The van der Waals surface area contributed by atoms with Crippen LogP contribution < -0.4 is 0 Å². The SMILES string of the molecule is c1ccc(-c2cc(-c3ccccc3)nc(-n3c4ccccc4c4c(-c5ccc6c(c5)c5ccccc5n6-c5ccc6oc7ccccc7c6c5)cccc43)n2)cc1.c1ccc(-c2nc(-c3ccccc3)nc(-n3c4ccccc4c4c(-c5ccc6c(c5)c5ccccc5n6-c5ccc6oc7ccccc7c6c5)cccc43)n2)cc1. The Labute approximate surface area is 652 Å². The van der Waals surface area contributed by atoms with Crippen molar-refractivity contribution >= 4 is 131 Å². The number of rotatable bonds is 10. The minimum atomic E-state index is 0.576. The van der Waals surface area contributed by atoms with Crippen molar-refractivity contribution < 1.29 is 8.83 Å². The molecule has 0 atom stereocenters. The van der Waals surface area contributed by atoms with Crippen LogP contribution in [0.1, 0.15) is 0 Å². The summed E-state index contributed by atoms with van der Waals surface area (Å²) in [5.74, 6) is 2.47. The first kappa shape index (κ1) is 64.4. The number of hydrogen-bond donors (Lipinski definition) is 0. The van der Waals surface area contributed by atoms with E-state index in [1.54, 1.807) is 0 Å². The lowest BCUT2D eigenvalue weighted by Crippen LogP contribution is -2.06. The second-order valence-electron chi connectivity index (χ2n) is 29.0. The van der Waals surface area contributed by atoms with Gasteiger partial charge >= 0.3 is 0 Å². The van der Waals surface area contributed by atoms with Crippen LogP contribution in [0.25, 0.3) is 222 Å². The van der Waals surface area contributed by atoms with Gasteiger partial charge in [0.2, 0.25) is 11.9 Å². The van der Waals surface area contributed by atoms with E-state index in [1.165, 1.54) is 26.9 Å². The molecule has 114 heavy (non-hydrogen) atoms. The minimum absolute atomic E-state index is 0.576. The monoisotopic (exact) mass is 1460 g/mol. The van der Waals surface area contributed by atoms with Gasteiger partial charge in [-0.1, -0.05) is 267 Å². The summed E-state index contributed by atoms with van der Waals surface area (Å²) in [5.41, 5.74) is 24.9. The molecule has 0 fully saturated rings. The number of fused-ring (bicyclic) bond motifs is 18. The van der Waals surface area contributed by atoms with Crippen LogP contribution in [0.5, 0.6) is 0 Å². The van der Waals surface area contributed by atoms with Crippen molar-refractivity contribution in [3.8, 4) is 90.8 Å². The molecule has 0 aliphatic carbocycles. The molecule has 0 aliphatic heterocycles. The summed E-state index contributed by atoms with van der Waals surface area (Å²) >= 11 is 0. The highest BCUT2D eigenvalue weighted by Crippen LogP contribution is 2.46. The fourth-order valence-electron chi connectivity index (χ4n) is 17.4. The highest BCUT2D eigenvalue weighted by molar-refractivity contribution is 6.20. The van der Waals surface area contributed by atoms with Gasteiger partial charge < -0.3 is 18.0 Å². The van der Waals surface area contributed by atoms with E-state index in [9.17, 15) is 0 Å². The van der Waals surface area contributed by atoms with Crippen LogP contribution in [-0.4, -0.2) is 43.2 Å². The Morgan fingerprint density at radius 2 is 0.518 bits per heavy atom. The maximum atomic E-state index is 6.19. The van der Waals surface area contributed by atoms with Crippen LogP contribution in [0, 0.1) is 0 Å². The summed E-state index contributed by atoms with van der Waals surface area (Å²) in [4.78, 5) is 25.8. The predicted octanol–water partition coefficient (Wildman–Crippen LogP) is 26.5. The van der Waals surface area contributed by atoms with E-state index >= 15 is 0 Å². The molecule has 24 aromatic rings. The molecule has 11 nitrogen and oxygen atoms in total. The molecule has 0 saturated carbocycles. The van der Waals surface area contributed by atoms with Crippen LogP contribution in [-0.2, 0) is 0 Å². The van der Waals surface area contributed by atoms with Crippen molar-refractivity contribution in [1.82, 2.24) is 43.2 Å². The predicted molar refractivity (Wildman–Crippen MR) is 466 cm³/mol. The Bertz CT molecular complexity index is 7400. The fraction of sp³-hybridized carbons (Fsp3) is 0. The molecule has 0 N–H and O–H groups in total. The second-order valence-corrected chi connectivity index (χ2v) is 29.0. The summed E-state index contributed by atoms with van der Waals surface area (Å²) in [5, 5.41) is 13.9. The number of nitrogens with zero attached hydrogens (tertiary/aromatic N) is 9. The topological polar surface area (TPSA) is 110 Å². The fourth-order valence-corrected chi connectivity index (χ4v) is 17.4. The molecule has 0 radical (unpaired) electrons. The Morgan fingerprint density at radius 1 is 0.184 bits per heavy atom. The van der Waals surface area contributed by atoms with Crippen LogP contribution in [0.15, 0.2) is 391 Å². The zero-order chi connectivity index (χ0) is 74.9. The Hall–Kier alpha value is -15.6. The largest absolute Gasteiger partial charge is 0.456 e. The van der Waals surface area contributed by atoms with Gasteiger partial charge in [0, 0.05) is 98.3 Å². The number of aromatic nitrogens is 9. The molecule has 0 aliphatic rings. The van der Waals surface area contributed by atoms with Crippen molar-refractivity contribution in [2.45, 2.75) is 0 Å². The Kier molecular flexibility index (Phi) is 14.7. The zero-order valence-electron chi connectivity index (χ0n) is 61.2. The van der Waals surface area contributed by atoms with Gasteiger partial charge in [0.1, 0.15) is 22.3 Å². The van der Waals surface area contributed by atoms with E-state index in [2.05, 4.69) is 303 Å². The summed E-state index contributed by atoms with van der Waals surface area (Å²) in [6.07, 6.45) is 0. The second kappa shape index (κ2) is 26.1. The molecule has 11 heteroatoms. The van der Waals surface area contributed by atoms with Crippen molar-refractivity contribution in [3.05, 3.63) is 382 Å². The van der Waals surface area contributed by atoms with Gasteiger partial charge in [0.25, 0.3) is 0 Å². The van der Waals surface area contributed by atoms with Gasteiger partial charge in [-0.05, 0) is 138 Å². The lowest BCUT2D eigenvalue weighted by Gasteiger charge is -2.12. The Balaban J connectivity index is 0.000000135. The number of furan rings is 2. The maximum absolute atomic E-state index is 6.19. The third-order valence-electron chi connectivity index (χ3n) is 22.5. The van der Waals surface area contributed by atoms with Gasteiger partial charge in [0.15, 0.2) is 11.6 Å². The standard InChI is InChI=1S/C52H32N4O.C51H31N5O/c1-3-14-33(15-4-1)43-32-44(34-16-5-2-6-17-34)54-52(53-43)56-46-23-11-8-20-40(46)51-37(21-13-24-48(51)56)35-26-28-47-41(30-35)38-18-7-10-22-45(38)55(47)36-27-29-50-42(31-36)39-19-9-12-25-49(39)57-50;1-3-14-32(15-4-1)49-52-50(33-16-5-2-6-17-33)54-51(53-49)56-43-23-11-8-20-39(43)48-36(21-13-24-45(48)56)34-26-28-44-40(30-34)37-18-7-10-22-42(37)55(44)35-27-29-47-41(31-35)38-19-9-12-25-46(38)57-47/h1-32H;1-31H. The summed E-state index contributed by atoms with van der Waals surface area (Å²) in [6.45, 7) is 0. The zero-order valence-corrected chi connectivity index (χ0v) is 61.2. The van der Waals surface area contributed by atoms with Crippen LogP contribution in [0.2, 0.25) is 0 Å². The first-order valence-corrected chi connectivity index (χ1v) is 38.4. The molecule has 0 unspecified atom stereocenters. The third-order valence-corrected chi connectivity index (χ3v) is 22.5. The summed E-state index contributed by atoms with van der Waals surface area (Å²) in [6, 6.07) is 134. The molecule has 8 aromatic heterocycles. The molecule has 0 spiro atoms. The average molecular weight is 1460 g/mol. The smallest absolute Gasteiger partial charge is 0.238 e. The molecule has 16 aromatic carbocycles. The molecule has 0 saturated heterocycles. The third kappa shape index (κ3) is 10.4. The molecule has 0 amide bonds. The van der Waals surface area contributed by atoms with Crippen LogP contribution >= 0.6 is 0 Å². The Morgan fingerprint density at radius 3 is 0.947 bits per heavy atom. The number of benzene rings is 16. The maximum Gasteiger partial charge on any atom is 0.238 e. The van der Waals surface area contributed by atoms with E-state index in [4.69, 9.17) is 33.8 Å². The van der Waals surface area contributed by atoms with Gasteiger partial charge in [-0.15, -0.1) is 0 Å². The number of para-hydroxylation sites is 6. The van der Waals surface area contributed by atoms with E-state index < -0.39 is 0 Å². The average Bonchev–Trinajstić information content (AvgIpc) is 1.58. The lowest BCUT2D eigenvalue weighted by molar-refractivity contribution is 0.668. The first-order chi connectivity index (χ1) is 56.5. The molecule has 0 bridgehead atoms. The van der Waals surface area contributed by atoms with E-state index in [1.807, 2.05) is 97.1 Å². The lowest BCUT2D eigenvalue weighted by atomic mass is 9.98. The van der Waals surface area contributed by atoms with Gasteiger partial charge in [0.05, 0.1) is 55.5 Å².